The molecule has 0 bridgehead atoms. The molecule has 6 aromatic rings. The highest BCUT2D eigenvalue weighted by atomic mass is 35.5. The Morgan fingerprint density at radius 2 is 0.926 bits per heavy atom. The topological polar surface area (TPSA) is 380 Å². The molecule has 0 aliphatic heterocycles. The molecule has 25 heteroatoms. The number of halogens is 1. The van der Waals surface area contributed by atoms with Crippen LogP contribution >= 0.6 is 12.4 Å². The van der Waals surface area contributed by atoms with E-state index in [0.29, 0.717) is 106 Å². The smallest absolute Gasteiger partial charge is 0.305 e. The first-order chi connectivity index (χ1) is 51.6. The highest BCUT2D eigenvalue weighted by Crippen LogP contribution is 2.63. The Balaban J connectivity index is 0.000000206. The van der Waals surface area contributed by atoms with Crippen molar-refractivity contribution < 1.29 is 92.2 Å². The third-order valence-corrected chi connectivity index (χ3v) is 22.6. The van der Waals surface area contributed by atoms with Crippen LogP contribution in [0.25, 0.3) is 0 Å². The molecule has 8 unspecified atom stereocenters. The summed E-state index contributed by atoms with van der Waals surface area (Å²) in [6, 6.07) is 36.3. The number of rotatable bonds is 34. The van der Waals surface area contributed by atoms with Gasteiger partial charge >= 0.3 is 5.97 Å². The van der Waals surface area contributed by atoms with Gasteiger partial charge in [-0.2, -0.15) is 0 Å². The summed E-state index contributed by atoms with van der Waals surface area (Å²) in [6.07, 6.45) is 15.5. The van der Waals surface area contributed by atoms with Crippen molar-refractivity contribution in [2.24, 2.45) is 51.7 Å². The minimum atomic E-state index is -0.894. The number of ether oxygens (including phenoxy) is 8. The molecule has 6 aliphatic carbocycles. The highest BCUT2D eigenvalue weighted by Gasteiger charge is 2.57. The number of phenols is 4. The SMILES string of the molecule is CC12CCC3c4ccc(O)cc4CCC3C1CC[C@@H]2OCCC(=O)O.CC12CCC3c4ccc(O)cc4CCC3C1CC[C@H]2OCCC(=O)CCCOCCOCC(=O)Nc1ccc(OCc2ccccc2)c(C(N)=O)c1O.Cl.NCCOCCOCC(=O)Nc1ccc(OCc2ccccc2)c(C(N)=O)c1O. The number of nitrogens with one attached hydrogen (secondary N) is 2. The maximum absolute atomic E-state index is 12.6. The molecule has 584 valence electrons. The normalized spacial score (nSPS) is 22.5. The van der Waals surface area contributed by atoms with Crippen molar-refractivity contribution in [2.75, 3.05) is 83.2 Å². The summed E-state index contributed by atoms with van der Waals surface area (Å²) in [5.74, 6) is 0.414. The first-order valence-electron chi connectivity index (χ1n) is 37.5. The van der Waals surface area contributed by atoms with E-state index in [0.717, 1.165) is 56.1 Å². The van der Waals surface area contributed by atoms with Gasteiger partial charge in [0.1, 0.15) is 66.3 Å². The first kappa shape index (κ1) is 83.2. The Kier molecular flexibility index (Phi) is 30.8. The van der Waals surface area contributed by atoms with Gasteiger partial charge in [0.05, 0.1) is 76.3 Å². The number of primary amides is 2. The number of aliphatic carboxylic acids is 1. The van der Waals surface area contributed by atoms with Crippen molar-refractivity contribution in [2.45, 2.75) is 154 Å². The zero-order valence-corrected chi connectivity index (χ0v) is 62.6. The lowest BCUT2D eigenvalue weighted by molar-refractivity contribution is -0.140. The number of carboxylic acid groups (broad SMARTS) is 1. The molecule has 12 rings (SSSR count). The largest absolute Gasteiger partial charge is 0.508 e. The molecule has 6 aromatic carbocycles. The van der Waals surface area contributed by atoms with Crippen LogP contribution in [0.15, 0.2) is 121 Å². The minimum absolute atomic E-state index is 0. The summed E-state index contributed by atoms with van der Waals surface area (Å²) >= 11 is 0. The monoisotopic (exact) mass is 1510 g/mol. The van der Waals surface area contributed by atoms with E-state index in [-0.39, 0.29) is 128 Å². The molecule has 0 aromatic heterocycles. The molecule has 13 N–H and O–H groups in total. The van der Waals surface area contributed by atoms with E-state index in [9.17, 15) is 49.2 Å². The molecule has 4 amide bonds. The lowest BCUT2D eigenvalue weighted by atomic mass is 9.55. The van der Waals surface area contributed by atoms with Crippen molar-refractivity contribution in [3.05, 3.63) is 166 Å². The number of amides is 4. The van der Waals surface area contributed by atoms with E-state index in [1.807, 2.05) is 84.9 Å². The summed E-state index contributed by atoms with van der Waals surface area (Å²) < 4.78 is 45.0. The number of phenolic OH excluding ortho intramolecular Hbond substituents is 2. The van der Waals surface area contributed by atoms with Crippen LogP contribution in [0.3, 0.4) is 0 Å². The average molecular weight is 1510 g/mol. The van der Waals surface area contributed by atoms with Gasteiger partial charge in [0, 0.05) is 26.0 Å². The quantitative estimate of drug-likeness (QED) is 0.0132. The van der Waals surface area contributed by atoms with Crippen molar-refractivity contribution in [3.63, 3.8) is 0 Å². The molecule has 24 nitrogen and oxygen atoms in total. The molecular formula is C83H106ClN5O19. The Labute approximate surface area is 637 Å². The van der Waals surface area contributed by atoms with E-state index >= 15 is 0 Å². The lowest BCUT2D eigenvalue weighted by Crippen LogP contribution is -2.44. The van der Waals surface area contributed by atoms with Crippen molar-refractivity contribution >= 4 is 59.2 Å². The number of benzene rings is 6. The van der Waals surface area contributed by atoms with E-state index in [2.05, 4.69) is 36.6 Å². The predicted octanol–water partition coefficient (Wildman–Crippen LogP) is 12.0. The Morgan fingerprint density at radius 1 is 0.491 bits per heavy atom. The second-order valence-electron chi connectivity index (χ2n) is 29.3. The summed E-state index contributed by atoms with van der Waals surface area (Å²) in [5, 5.41) is 54.6. The zero-order chi connectivity index (χ0) is 76.0. The van der Waals surface area contributed by atoms with Gasteiger partial charge in [-0.25, -0.2) is 0 Å². The summed E-state index contributed by atoms with van der Waals surface area (Å²) in [7, 11) is 0. The van der Waals surface area contributed by atoms with Gasteiger partial charge in [0.15, 0.2) is 11.5 Å². The number of aryl methyl sites for hydroxylation is 2. The molecular weight excluding hydrogens is 1410 g/mol. The molecule has 0 radical (unpaired) electrons. The number of nitrogens with two attached hydrogens (primary N) is 3. The second kappa shape index (κ2) is 40.0. The third kappa shape index (κ3) is 21.5. The highest BCUT2D eigenvalue weighted by molar-refractivity contribution is 6.04. The van der Waals surface area contributed by atoms with Gasteiger partial charge in [0.2, 0.25) is 11.8 Å². The molecule has 0 spiro atoms. The van der Waals surface area contributed by atoms with Crippen LogP contribution in [-0.2, 0) is 73.7 Å². The number of ketones is 1. The van der Waals surface area contributed by atoms with Gasteiger partial charge in [-0.3, -0.25) is 28.8 Å². The fraction of sp³-hybridized carbons (Fsp3) is 0.494. The number of carboxylic acids is 1. The number of hydrogen-bond acceptors (Lipinski definition) is 19. The Bertz CT molecular complexity index is 4000. The van der Waals surface area contributed by atoms with Crippen LogP contribution in [-0.4, -0.2) is 146 Å². The zero-order valence-electron chi connectivity index (χ0n) is 61.8. The summed E-state index contributed by atoms with van der Waals surface area (Å²) in [4.78, 5) is 71.6. The number of aromatic hydroxyl groups is 4. The van der Waals surface area contributed by atoms with Gasteiger partial charge in [-0.1, -0.05) is 86.6 Å². The van der Waals surface area contributed by atoms with Crippen LogP contribution in [0.5, 0.6) is 34.5 Å². The average Bonchev–Trinajstić information content (AvgIpc) is 1.52. The van der Waals surface area contributed by atoms with Crippen LogP contribution in [0.2, 0.25) is 0 Å². The second-order valence-corrected chi connectivity index (χ2v) is 29.3. The van der Waals surface area contributed by atoms with E-state index in [4.69, 9.17) is 60.2 Å². The van der Waals surface area contributed by atoms with Crippen LogP contribution in [0, 0.1) is 34.5 Å². The number of fused-ring (bicyclic) bond motifs is 10. The fourth-order valence-corrected chi connectivity index (χ4v) is 17.4. The van der Waals surface area contributed by atoms with Crippen LogP contribution in [0.1, 0.15) is 170 Å². The molecule has 10 atom stereocenters. The van der Waals surface area contributed by atoms with Gasteiger partial charge in [0.25, 0.3) is 11.8 Å². The van der Waals surface area contributed by atoms with E-state index in [1.54, 1.807) is 0 Å². The Hall–Kier alpha value is -8.85. The molecule has 0 heterocycles. The van der Waals surface area contributed by atoms with Crippen molar-refractivity contribution in [1.82, 2.24) is 0 Å². The number of hydrogen-bond donors (Lipinski definition) is 10. The molecule has 6 aliphatic rings. The summed E-state index contributed by atoms with van der Waals surface area (Å²) in [5.41, 5.74) is 23.4. The van der Waals surface area contributed by atoms with Crippen LogP contribution < -0.4 is 37.3 Å². The van der Waals surface area contributed by atoms with Crippen molar-refractivity contribution in [1.29, 1.82) is 0 Å². The lowest BCUT2D eigenvalue weighted by Gasteiger charge is -2.50. The Morgan fingerprint density at radius 3 is 1.36 bits per heavy atom. The minimum Gasteiger partial charge on any atom is -0.508 e. The first-order valence-corrected chi connectivity index (χ1v) is 37.5. The van der Waals surface area contributed by atoms with E-state index < -0.39 is 41.1 Å². The van der Waals surface area contributed by atoms with Crippen LogP contribution in [0.4, 0.5) is 11.4 Å². The molecule has 108 heavy (non-hydrogen) atoms. The number of Topliss-reactive ketones (excluding diaryl/α,β-unsaturated/α-hetero) is 1. The van der Waals surface area contributed by atoms with Gasteiger partial charge < -0.3 is 91.3 Å². The maximum atomic E-state index is 12.6. The van der Waals surface area contributed by atoms with Gasteiger partial charge in [-0.05, 0) is 212 Å². The number of carbonyl (C=O) groups excluding carboxylic acids is 5. The molecule has 0 saturated heterocycles. The fourth-order valence-electron chi connectivity index (χ4n) is 17.4. The standard InChI is InChI=1S/C42H52N2O9.C21H28O4.C20H25N3O6.ClH/c1-42-19-17-32-31-12-10-30(46)24-28(31)9-11-33(32)34(42)13-16-37(42)52-21-18-29(45)8-5-20-50-22-23-51-26-38(47)44-35-14-15-36(39(40(35)48)41(43)49)53-25-27-6-3-2-4-7-27;1-21-10-8-16-15-5-3-14(22)12-13(15)2-4-17(16)18(21)6-7-19(21)25-11-9-20(23)24;21-8-9-27-10-11-28-13-17(24)23-15-6-7-16(18(19(15)25)20(22)26)29-12-14-4-2-1-3-5-14;/h2-4,6-7,10,12,14-15,24,32-34,37,46,48H,5,8-9,11,13,16-23,25-26H2,1H3,(H2,43,49)(H,44,47);3,5,12,16-19,22H,2,4,6-11H2,1H3,(H,23,24);1-7,25H,8-13,21H2,(H2,22,26)(H,23,24);1H/t32?,33?,34?,37-,42?;16?,17?,18?,19-,21?;;/m10../s1. The number of carbonyl (C=O) groups is 6. The predicted molar refractivity (Wildman–Crippen MR) is 408 cm³/mol. The van der Waals surface area contributed by atoms with Gasteiger partial charge in [-0.15, -0.1) is 12.4 Å². The molecule has 4 saturated carbocycles. The molecule has 4 fully saturated rings. The number of anilines is 2. The van der Waals surface area contributed by atoms with E-state index in [1.165, 1.54) is 78.6 Å². The van der Waals surface area contributed by atoms with Crippen molar-refractivity contribution in [3.8, 4) is 34.5 Å². The third-order valence-electron chi connectivity index (χ3n) is 22.6. The summed E-state index contributed by atoms with van der Waals surface area (Å²) in [6.45, 7) is 7.56. The maximum Gasteiger partial charge on any atom is 0.305 e.